The van der Waals surface area contributed by atoms with E-state index in [0.29, 0.717) is 17.7 Å². The third-order valence-corrected chi connectivity index (χ3v) is 3.31. The van der Waals surface area contributed by atoms with E-state index < -0.39 is 5.82 Å². The molecule has 2 aromatic rings. The molecule has 0 spiro atoms. The minimum absolute atomic E-state index is 0.0801. The van der Waals surface area contributed by atoms with Gasteiger partial charge in [-0.2, -0.15) is 0 Å². The van der Waals surface area contributed by atoms with Crippen LogP contribution < -0.4 is 5.56 Å². The molecule has 2 rings (SSSR count). The van der Waals surface area contributed by atoms with Crippen LogP contribution in [0.1, 0.15) is 11.1 Å². The maximum Gasteiger partial charge on any atom is 0.253 e. The highest BCUT2D eigenvalue weighted by molar-refractivity contribution is 9.10. The Labute approximate surface area is 117 Å². The molecule has 18 heavy (non-hydrogen) atoms. The zero-order valence-electron chi connectivity index (χ0n) is 9.58. The molecule has 1 aromatic carbocycles. The Balaban J connectivity index is 2.40. The van der Waals surface area contributed by atoms with Crippen molar-refractivity contribution in [2.45, 2.75) is 13.5 Å². The SMILES string of the molecule is Cc1cc(Br)cn(Cc2ccc(Cl)c(F)c2)c1=O. The topological polar surface area (TPSA) is 22.0 Å². The van der Waals surface area contributed by atoms with Gasteiger partial charge in [-0.05, 0) is 46.6 Å². The van der Waals surface area contributed by atoms with Crippen molar-refractivity contribution in [3.8, 4) is 0 Å². The highest BCUT2D eigenvalue weighted by Gasteiger charge is 2.05. The summed E-state index contributed by atoms with van der Waals surface area (Å²) in [6.45, 7) is 2.05. The van der Waals surface area contributed by atoms with Crippen LogP contribution in [0.5, 0.6) is 0 Å². The van der Waals surface area contributed by atoms with Gasteiger partial charge in [0.2, 0.25) is 0 Å². The zero-order chi connectivity index (χ0) is 13.3. The Bertz CT molecular complexity index is 654. The van der Waals surface area contributed by atoms with Gasteiger partial charge in [0.25, 0.3) is 5.56 Å². The zero-order valence-corrected chi connectivity index (χ0v) is 11.9. The van der Waals surface area contributed by atoms with Crippen LogP contribution >= 0.6 is 27.5 Å². The lowest BCUT2D eigenvalue weighted by Crippen LogP contribution is -2.22. The second-order valence-electron chi connectivity index (χ2n) is 4.02. The number of pyridine rings is 1. The number of aryl methyl sites for hydroxylation is 1. The van der Waals surface area contributed by atoms with Crippen molar-refractivity contribution in [2.75, 3.05) is 0 Å². The van der Waals surface area contributed by atoms with E-state index in [9.17, 15) is 9.18 Å². The molecule has 0 amide bonds. The molecule has 0 radical (unpaired) electrons. The monoisotopic (exact) mass is 329 g/mol. The maximum atomic E-state index is 13.3. The summed E-state index contributed by atoms with van der Waals surface area (Å²) >= 11 is 8.95. The van der Waals surface area contributed by atoms with Gasteiger partial charge in [-0.25, -0.2) is 4.39 Å². The van der Waals surface area contributed by atoms with Crippen LogP contribution in [0.4, 0.5) is 4.39 Å². The van der Waals surface area contributed by atoms with Gasteiger partial charge >= 0.3 is 0 Å². The Kier molecular flexibility index (Phi) is 3.88. The van der Waals surface area contributed by atoms with E-state index in [4.69, 9.17) is 11.6 Å². The lowest BCUT2D eigenvalue weighted by molar-refractivity contribution is 0.623. The number of nitrogens with zero attached hydrogens (tertiary/aromatic N) is 1. The van der Waals surface area contributed by atoms with Crippen molar-refractivity contribution in [3.63, 3.8) is 0 Å². The Hall–Kier alpha value is -1.13. The fourth-order valence-electron chi connectivity index (χ4n) is 1.69. The standard InChI is InChI=1S/C13H10BrClFNO/c1-8-4-10(14)7-17(13(8)18)6-9-2-3-11(15)12(16)5-9/h2-5,7H,6H2,1H3. The molecule has 0 fully saturated rings. The molecular formula is C13H10BrClFNO. The first kappa shape index (κ1) is 13.3. The van der Waals surface area contributed by atoms with Gasteiger partial charge in [-0.15, -0.1) is 0 Å². The van der Waals surface area contributed by atoms with Gasteiger partial charge in [-0.3, -0.25) is 4.79 Å². The molecule has 5 heteroatoms. The van der Waals surface area contributed by atoms with Crippen LogP contribution in [0.3, 0.4) is 0 Å². The van der Waals surface area contributed by atoms with E-state index in [2.05, 4.69) is 15.9 Å². The quantitative estimate of drug-likeness (QED) is 0.822. The highest BCUT2D eigenvalue weighted by Crippen LogP contribution is 2.16. The minimum atomic E-state index is -0.478. The summed E-state index contributed by atoms with van der Waals surface area (Å²) in [5.74, 6) is -0.478. The van der Waals surface area contributed by atoms with Gasteiger partial charge < -0.3 is 4.57 Å². The molecular weight excluding hydrogens is 321 g/mol. The largest absolute Gasteiger partial charge is 0.310 e. The Morgan fingerprint density at radius 3 is 2.78 bits per heavy atom. The van der Waals surface area contributed by atoms with Crippen molar-refractivity contribution in [2.24, 2.45) is 0 Å². The predicted octanol–water partition coefficient (Wildman–Crippen LogP) is 3.76. The third-order valence-electron chi connectivity index (χ3n) is 2.57. The van der Waals surface area contributed by atoms with Gasteiger partial charge in [-0.1, -0.05) is 17.7 Å². The van der Waals surface area contributed by atoms with Gasteiger partial charge in [0, 0.05) is 16.2 Å². The number of hydrogen-bond acceptors (Lipinski definition) is 1. The molecule has 1 aromatic heterocycles. The molecule has 0 aliphatic heterocycles. The molecule has 0 unspecified atom stereocenters. The van der Waals surface area contributed by atoms with Crippen LogP contribution in [0, 0.1) is 12.7 Å². The van der Waals surface area contributed by atoms with Gasteiger partial charge in [0.1, 0.15) is 5.82 Å². The van der Waals surface area contributed by atoms with E-state index >= 15 is 0 Å². The maximum absolute atomic E-state index is 13.3. The first-order valence-corrected chi connectivity index (χ1v) is 6.45. The number of benzene rings is 1. The van der Waals surface area contributed by atoms with Crippen LogP contribution in [-0.4, -0.2) is 4.57 Å². The average Bonchev–Trinajstić information content (AvgIpc) is 2.30. The smallest absolute Gasteiger partial charge is 0.253 e. The van der Waals surface area contributed by atoms with Crippen molar-refractivity contribution in [3.05, 3.63) is 67.3 Å². The molecule has 0 N–H and O–H groups in total. The molecule has 0 aliphatic rings. The fraction of sp³-hybridized carbons (Fsp3) is 0.154. The van der Waals surface area contributed by atoms with E-state index in [1.54, 1.807) is 25.3 Å². The highest BCUT2D eigenvalue weighted by atomic mass is 79.9. The number of aromatic nitrogens is 1. The molecule has 0 bridgehead atoms. The molecule has 0 aliphatic carbocycles. The Morgan fingerprint density at radius 1 is 1.39 bits per heavy atom. The van der Waals surface area contributed by atoms with Crippen molar-refractivity contribution < 1.29 is 4.39 Å². The number of halogens is 3. The van der Waals surface area contributed by atoms with Crippen molar-refractivity contribution in [1.29, 1.82) is 0 Å². The van der Waals surface area contributed by atoms with Crippen LogP contribution in [0.2, 0.25) is 5.02 Å². The van der Waals surface area contributed by atoms with Crippen LogP contribution in [0.15, 0.2) is 39.7 Å². The second-order valence-corrected chi connectivity index (χ2v) is 5.35. The first-order chi connectivity index (χ1) is 8.47. The summed E-state index contributed by atoms with van der Waals surface area (Å²) in [7, 11) is 0. The minimum Gasteiger partial charge on any atom is -0.310 e. The van der Waals surface area contributed by atoms with Crippen molar-refractivity contribution >= 4 is 27.5 Å². The average molecular weight is 331 g/mol. The van der Waals surface area contributed by atoms with E-state index in [0.717, 1.165) is 4.47 Å². The molecule has 1 heterocycles. The number of rotatable bonds is 2. The summed E-state index contributed by atoms with van der Waals surface area (Å²) < 4.78 is 15.7. The summed E-state index contributed by atoms with van der Waals surface area (Å²) in [4.78, 5) is 11.9. The van der Waals surface area contributed by atoms with Crippen LogP contribution in [0.25, 0.3) is 0 Å². The molecule has 0 atom stereocenters. The van der Waals surface area contributed by atoms with Crippen LogP contribution in [-0.2, 0) is 6.54 Å². The van der Waals surface area contributed by atoms with E-state index in [1.807, 2.05) is 0 Å². The summed E-state index contributed by atoms with van der Waals surface area (Å²) in [6.07, 6.45) is 1.68. The molecule has 0 saturated carbocycles. The third kappa shape index (κ3) is 2.82. The van der Waals surface area contributed by atoms with Gasteiger partial charge in [0.15, 0.2) is 0 Å². The van der Waals surface area contributed by atoms with Gasteiger partial charge in [0.05, 0.1) is 11.6 Å². The molecule has 0 saturated heterocycles. The second kappa shape index (κ2) is 5.24. The lowest BCUT2D eigenvalue weighted by atomic mass is 10.2. The summed E-state index contributed by atoms with van der Waals surface area (Å²) in [5.41, 5.74) is 1.24. The Morgan fingerprint density at radius 2 is 2.11 bits per heavy atom. The fourth-order valence-corrected chi connectivity index (χ4v) is 2.40. The van der Waals surface area contributed by atoms with Crippen molar-refractivity contribution in [1.82, 2.24) is 4.57 Å². The normalized spacial score (nSPS) is 10.7. The number of hydrogen-bond donors (Lipinski definition) is 0. The summed E-state index contributed by atoms with van der Waals surface area (Å²) in [5, 5.41) is 0.0801. The predicted molar refractivity (Wildman–Crippen MR) is 73.7 cm³/mol. The molecule has 94 valence electrons. The van der Waals surface area contributed by atoms with E-state index in [-0.39, 0.29) is 10.6 Å². The lowest BCUT2D eigenvalue weighted by Gasteiger charge is -2.08. The van der Waals surface area contributed by atoms with E-state index in [1.165, 1.54) is 16.7 Å². The first-order valence-electron chi connectivity index (χ1n) is 5.28. The molecule has 2 nitrogen and oxygen atoms in total. The summed E-state index contributed by atoms with van der Waals surface area (Å²) in [6, 6.07) is 6.28.